The summed E-state index contributed by atoms with van der Waals surface area (Å²) in [6.07, 6.45) is 1.72. The maximum Gasteiger partial charge on any atom is 0.266 e. The van der Waals surface area contributed by atoms with Crippen LogP contribution in [0.3, 0.4) is 0 Å². The Hall–Kier alpha value is -4.14. The molecule has 1 aliphatic rings. The molecule has 226 valence electrons. The second-order valence-corrected chi connectivity index (χ2v) is 11.1. The van der Waals surface area contributed by atoms with Crippen molar-refractivity contribution in [2.75, 3.05) is 13.2 Å². The van der Waals surface area contributed by atoms with Gasteiger partial charge in [-0.05, 0) is 58.7 Å². The number of aliphatic hydroxyl groups excluding tert-OH is 1. The van der Waals surface area contributed by atoms with Crippen LogP contribution >= 0.6 is 23.2 Å². The SMILES string of the molecule is C=CC[C@]1(C(=O)NNCc2ccc(Cl)c(Cl)c2)N=C(c2ccc(OCCCO)cc2)O[C@H]1c1ccc(-c2ccccc2)cc1. The standard InChI is InChI=1S/C35H33Cl2N3O4/c1-2-19-35(34(42)40-38-23-24-9-18-30(36)31(37)22-24)32(27-12-10-26(11-13-27)25-7-4-3-5-8-25)44-33(39-35)28-14-16-29(17-15-28)43-21-6-20-41/h2-5,7-18,22,32,38,41H,1,6,19-21,23H2,(H,40,42)/t32-,35-/m0/s1. The third-order valence-corrected chi connectivity index (χ3v) is 8.02. The fraction of sp³-hybridized carbons (Fsp3) is 0.200. The molecule has 0 fully saturated rings. The van der Waals surface area contributed by atoms with E-state index in [1.54, 1.807) is 18.2 Å². The second kappa shape index (κ2) is 14.6. The number of rotatable bonds is 13. The number of benzene rings is 4. The predicted octanol–water partition coefficient (Wildman–Crippen LogP) is 7.08. The molecular weight excluding hydrogens is 597 g/mol. The number of carbonyl (C=O) groups excluding carboxylic acids is 1. The Morgan fingerprint density at radius 2 is 1.66 bits per heavy atom. The van der Waals surface area contributed by atoms with E-state index in [1.165, 1.54) is 0 Å². The number of amides is 1. The molecule has 0 spiro atoms. The van der Waals surface area contributed by atoms with E-state index in [9.17, 15) is 4.79 Å². The van der Waals surface area contributed by atoms with E-state index in [4.69, 9.17) is 42.8 Å². The van der Waals surface area contributed by atoms with Gasteiger partial charge in [-0.2, -0.15) is 0 Å². The normalized spacial score (nSPS) is 17.4. The molecule has 1 heterocycles. The van der Waals surface area contributed by atoms with Gasteiger partial charge >= 0.3 is 0 Å². The van der Waals surface area contributed by atoms with Crippen molar-refractivity contribution in [2.24, 2.45) is 4.99 Å². The minimum atomic E-state index is -1.34. The number of hydrogen-bond donors (Lipinski definition) is 3. The molecule has 0 unspecified atom stereocenters. The molecule has 0 aliphatic carbocycles. The van der Waals surface area contributed by atoms with Crippen molar-refractivity contribution < 1.29 is 19.4 Å². The second-order valence-electron chi connectivity index (χ2n) is 10.3. The zero-order chi connectivity index (χ0) is 30.9. The molecule has 5 rings (SSSR count). The monoisotopic (exact) mass is 629 g/mol. The number of nitrogens with zero attached hydrogens (tertiary/aromatic N) is 1. The zero-order valence-electron chi connectivity index (χ0n) is 24.0. The highest BCUT2D eigenvalue weighted by atomic mass is 35.5. The van der Waals surface area contributed by atoms with Crippen molar-refractivity contribution in [3.8, 4) is 16.9 Å². The molecule has 7 nitrogen and oxygen atoms in total. The summed E-state index contributed by atoms with van der Waals surface area (Å²) in [4.78, 5) is 19.0. The van der Waals surface area contributed by atoms with Gasteiger partial charge in [0.2, 0.25) is 5.90 Å². The average molecular weight is 631 g/mol. The quantitative estimate of drug-likeness (QED) is 0.0835. The van der Waals surface area contributed by atoms with E-state index in [0.717, 1.165) is 22.3 Å². The van der Waals surface area contributed by atoms with Crippen molar-refractivity contribution in [1.82, 2.24) is 10.9 Å². The molecule has 3 N–H and O–H groups in total. The fourth-order valence-electron chi connectivity index (χ4n) is 5.00. The number of carbonyl (C=O) groups is 1. The van der Waals surface area contributed by atoms with Gasteiger partial charge < -0.3 is 14.6 Å². The van der Waals surface area contributed by atoms with Gasteiger partial charge in [0.1, 0.15) is 5.75 Å². The van der Waals surface area contributed by atoms with Gasteiger partial charge in [-0.1, -0.05) is 89.9 Å². The molecular formula is C35H33Cl2N3O4. The minimum absolute atomic E-state index is 0.0617. The minimum Gasteiger partial charge on any atom is -0.494 e. The summed E-state index contributed by atoms with van der Waals surface area (Å²) >= 11 is 12.2. The number of halogens is 2. The summed E-state index contributed by atoms with van der Waals surface area (Å²) < 4.78 is 12.2. The van der Waals surface area contributed by atoms with Crippen LogP contribution in [-0.2, 0) is 16.1 Å². The molecule has 0 radical (unpaired) electrons. The van der Waals surface area contributed by atoms with Crippen molar-refractivity contribution >= 4 is 35.0 Å². The Morgan fingerprint density at radius 1 is 0.955 bits per heavy atom. The van der Waals surface area contributed by atoms with Gasteiger partial charge in [0.05, 0.1) is 16.7 Å². The molecule has 9 heteroatoms. The van der Waals surface area contributed by atoms with Crippen LogP contribution in [0.4, 0.5) is 0 Å². The van der Waals surface area contributed by atoms with Gasteiger partial charge in [0, 0.05) is 31.6 Å². The highest BCUT2D eigenvalue weighted by molar-refractivity contribution is 6.42. The van der Waals surface area contributed by atoms with Crippen molar-refractivity contribution in [1.29, 1.82) is 0 Å². The maximum absolute atomic E-state index is 14.0. The molecule has 0 saturated heterocycles. The lowest BCUT2D eigenvalue weighted by atomic mass is 9.84. The molecule has 4 aromatic carbocycles. The fourth-order valence-corrected chi connectivity index (χ4v) is 5.32. The lowest BCUT2D eigenvalue weighted by molar-refractivity contribution is -0.129. The largest absolute Gasteiger partial charge is 0.494 e. The zero-order valence-corrected chi connectivity index (χ0v) is 25.5. The topological polar surface area (TPSA) is 92.2 Å². The molecule has 1 aliphatic heterocycles. The van der Waals surface area contributed by atoms with E-state index in [1.807, 2.05) is 72.8 Å². The van der Waals surface area contributed by atoms with Crippen LogP contribution in [0.2, 0.25) is 10.0 Å². The summed E-state index contributed by atoms with van der Waals surface area (Å²) in [5.41, 5.74) is 8.99. The summed E-state index contributed by atoms with van der Waals surface area (Å²) in [5, 5.41) is 9.92. The van der Waals surface area contributed by atoms with Gasteiger partial charge in [-0.25, -0.2) is 10.4 Å². The maximum atomic E-state index is 14.0. The molecule has 2 atom stereocenters. The van der Waals surface area contributed by atoms with E-state index in [0.29, 0.717) is 46.8 Å². The molecule has 1 amide bonds. The van der Waals surface area contributed by atoms with Gasteiger partial charge in [-0.3, -0.25) is 10.2 Å². The Bertz CT molecular complexity index is 1610. The predicted molar refractivity (Wildman–Crippen MR) is 175 cm³/mol. The number of aliphatic imine (C=N–C) groups is 1. The van der Waals surface area contributed by atoms with E-state index in [2.05, 4.69) is 29.6 Å². The number of hydrazine groups is 1. The number of hydrogen-bond acceptors (Lipinski definition) is 6. The first kappa shape index (κ1) is 31.3. The molecule has 0 bridgehead atoms. The first-order valence-electron chi connectivity index (χ1n) is 14.3. The highest BCUT2D eigenvalue weighted by Crippen LogP contribution is 2.43. The van der Waals surface area contributed by atoms with Crippen molar-refractivity contribution in [2.45, 2.75) is 31.0 Å². The van der Waals surface area contributed by atoms with E-state index < -0.39 is 11.6 Å². The van der Waals surface area contributed by atoms with Gasteiger partial charge in [-0.15, -0.1) is 6.58 Å². The Kier molecular flexibility index (Phi) is 10.4. The first-order chi connectivity index (χ1) is 21.4. The van der Waals surface area contributed by atoms with Crippen LogP contribution < -0.4 is 15.6 Å². The third-order valence-electron chi connectivity index (χ3n) is 7.28. The molecule has 44 heavy (non-hydrogen) atoms. The van der Waals surface area contributed by atoms with Crippen LogP contribution in [0.25, 0.3) is 11.1 Å². The Morgan fingerprint density at radius 3 is 2.34 bits per heavy atom. The molecule has 4 aromatic rings. The molecule has 0 aromatic heterocycles. The average Bonchev–Trinajstić information content (AvgIpc) is 3.44. The number of aliphatic hydroxyl groups is 1. The Balaban J connectivity index is 1.44. The van der Waals surface area contributed by atoms with Gasteiger partial charge in [0.15, 0.2) is 11.6 Å². The lowest BCUT2D eigenvalue weighted by Gasteiger charge is -2.29. The number of ether oxygens (including phenoxy) is 2. The van der Waals surface area contributed by atoms with Crippen LogP contribution in [0, 0.1) is 0 Å². The van der Waals surface area contributed by atoms with Crippen LogP contribution in [0.1, 0.15) is 35.6 Å². The summed E-state index contributed by atoms with van der Waals surface area (Å²) in [6, 6.07) is 30.6. The third kappa shape index (κ3) is 7.14. The van der Waals surface area contributed by atoms with Crippen LogP contribution in [0.15, 0.2) is 115 Å². The number of nitrogens with one attached hydrogen (secondary N) is 2. The van der Waals surface area contributed by atoms with Gasteiger partial charge in [0.25, 0.3) is 5.91 Å². The summed E-state index contributed by atoms with van der Waals surface area (Å²) in [6.45, 7) is 4.73. The van der Waals surface area contributed by atoms with Crippen LogP contribution in [-0.4, -0.2) is 35.7 Å². The summed E-state index contributed by atoms with van der Waals surface area (Å²) in [7, 11) is 0. The smallest absolute Gasteiger partial charge is 0.266 e. The van der Waals surface area contributed by atoms with E-state index >= 15 is 0 Å². The van der Waals surface area contributed by atoms with Crippen molar-refractivity contribution in [3.05, 3.63) is 136 Å². The molecule has 0 saturated carbocycles. The van der Waals surface area contributed by atoms with Crippen LogP contribution in [0.5, 0.6) is 5.75 Å². The Labute approximate surface area is 267 Å². The highest BCUT2D eigenvalue weighted by Gasteiger charge is 2.52. The first-order valence-corrected chi connectivity index (χ1v) is 15.0. The van der Waals surface area contributed by atoms with Crippen molar-refractivity contribution in [3.63, 3.8) is 0 Å². The lowest BCUT2D eigenvalue weighted by Crippen LogP contribution is -2.52. The van der Waals surface area contributed by atoms with E-state index in [-0.39, 0.29) is 18.9 Å². The summed E-state index contributed by atoms with van der Waals surface area (Å²) in [5.74, 6) is 0.634.